The molecule has 0 radical (unpaired) electrons. The molecule has 0 bridgehead atoms. The number of aromatic amines is 1. The largest absolute Gasteiger partial charge is 0.392 e. The number of hydrogen-bond acceptors (Lipinski definition) is 5. The molecule has 0 saturated carbocycles. The number of aliphatic hydroxyl groups is 1. The number of aromatic nitrogens is 1. The summed E-state index contributed by atoms with van der Waals surface area (Å²) in [5, 5.41) is 18.6. The first kappa shape index (κ1) is 30.0. The van der Waals surface area contributed by atoms with E-state index in [0.29, 0.717) is 38.0 Å². The maximum Gasteiger partial charge on any atom is 0.251 e. The summed E-state index contributed by atoms with van der Waals surface area (Å²) in [6.45, 7) is 8.66. The van der Waals surface area contributed by atoms with Crippen molar-refractivity contribution in [3.8, 4) is 11.1 Å². The summed E-state index contributed by atoms with van der Waals surface area (Å²) in [7, 11) is 0. The summed E-state index contributed by atoms with van der Waals surface area (Å²) in [6.07, 6.45) is 2.61. The molecule has 1 aliphatic heterocycles. The van der Waals surface area contributed by atoms with Crippen LogP contribution in [0.2, 0.25) is 0 Å². The van der Waals surface area contributed by atoms with E-state index in [9.17, 15) is 19.5 Å². The fourth-order valence-corrected chi connectivity index (χ4v) is 5.16. The van der Waals surface area contributed by atoms with E-state index in [-0.39, 0.29) is 24.1 Å². The van der Waals surface area contributed by atoms with Crippen LogP contribution in [0.4, 0.5) is 5.69 Å². The van der Waals surface area contributed by atoms with Crippen molar-refractivity contribution >= 4 is 23.4 Å². The highest BCUT2D eigenvalue weighted by Gasteiger charge is 2.33. The maximum absolute atomic E-state index is 13.8. The van der Waals surface area contributed by atoms with Gasteiger partial charge < -0.3 is 30.9 Å². The van der Waals surface area contributed by atoms with E-state index in [1.807, 2.05) is 81.6 Å². The molecular formula is C32H41N5O4. The first-order valence-corrected chi connectivity index (χ1v) is 14.2. The van der Waals surface area contributed by atoms with Gasteiger partial charge in [0.1, 0.15) is 6.04 Å². The van der Waals surface area contributed by atoms with E-state index in [1.54, 1.807) is 11.8 Å². The van der Waals surface area contributed by atoms with Crippen LogP contribution in [0, 0.1) is 0 Å². The molecule has 0 fully saturated rings. The monoisotopic (exact) mass is 559 g/mol. The van der Waals surface area contributed by atoms with Gasteiger partial charge in [0, 0.05) is 42.5 Å². The third-order valence-corrected chi connectivity index (χ3v) is 7.27. The van der Waals surface area contributed by atoms with Crippen LogP contribution in [0.25, 0.3) is 11.1 Å². The molecule has 4 rings (SSSR count). The Morgan fingerprint density at radius 2 is 1.85 bits per heavy atom. The van der Waals surface area contributed by atoms with E-state index in [1.165, 1.54) is 0 Å². The second-order valence-electron chi connectivity index (χ2n) is 11.3. The highest BCUT2D eigenvalue weighted by atomic mass is 16.3. The zero-order valence-corrected chi connectivity index (χ0v) is 24.3. The van der Waals surface area contributed by atoms with Gasteiger partial charge in [-0.15, -0.1) is 0 Å². The highest BCUT2D eigenvalue weighted by Crippen LogP contribution is 2.29. The quantitative estimate of drug-likeness (QED) is 0.246. The van der Waals surface area contributed by atoms with Crippen molar-refractivity contribution in [3.63, 3.8) is 0 Å². The summed E-state index contributed by atoms with van der Waals surface area (Å²) >= 11 is 0. The van der Waals surface area contributed by atoms with Gasteiger partial charge in [-0.2, -0.15) is 0 Å². The first-order valence-electron chi connectivity index (χ1n) is 14.2. The molecule has 1 aromatic heterocycles. The van der Waals surface area contributed by atoms with E-state index in [2.05, 4.69) is 20.9 Å². The molecule has 2 aromatic carbocycles. The number of amides is 3. The molecule has 3 amide bonds. The zero-order chi connectivity index (χ0) is 29.6. The van der Waals surface area contributed by atoms with E-state index in [0.717, 1.165) is 28.1 Å². The number of hydrogen-bond donors (Lipinski definition) is 5. The highest BCUT2D eigenvalue weighted by molar-refractivity contribution is 6.01. The number of β-amino-alcohol motifs (C(OH)–C–C–N with tert-alkyl or cyclic N) is 1. The van der Waals surface area contributed by atoms with Crippen molar-refractivity contribution in [2.45, 2.75) is 71.2 Å². The summed E-state index contributed by atoms with van der Waals surface area (Å²) in [5.41, 5.74) is 4.55. The number of aryl methyl sites for hydroxylation is 1. The number of H-pyrrole nitrogens is 1. The van der Waals surface area contributed by atoms with Crippen LogP contribution in [0.5, 0.6) is 0 Å². The number of fused-ring (bicyclic) bond motifs is 1. The topological polar surface area (TPSA) is 127 Å². The Bertz CT molecular complexity index is 1360. The third-order valence-electron chi connectivity index (χ3n) is 7.27. The minimum absolute atomic E-state index is 0.113. The standard InChI is InChI=1S/C32H41N5O4/c1-5-33-30(40)25-9-7-6-8-24(25)23-12-10-22(11-13-23)20-37-28-16-17-34-26(28)14-15-27(31(37)41)36-29(39)18-32(3,4)35-19-21(2)38/h6-13,16-17,21,27,34-35,38H,5,14-15,18-20H2,1-4H3,(H,33,40)(H,36,39)/t21-,27-/m1/s1. The Hall–Kier alpha value is -3.95. The molecule has 2 heterocycles. The number of aliphatic hydroxyl groups excluding tert-OH is 1. The number of nitrogens with one attached hydrogen (secondary N) is 4. The maximum atomic E-state index is 13.8. The van der Waals surface area contributed by atoms with Crippen LogP contribution in [0.15, 0.2) is 60.8 Å². The minimum Gasteiger partial charge on any atom is -0.392 e. The van der Waals surface area contributed by atoms with Crippen LogP contribution in [0.3, 0.4) is 0 Å². The molecule has 0 spiro atoms. The summed E-state index contributed by atoms with van der Waals surface area (Å²) in [4.78, 5) is 44.3. The molecule has 2 atom stereocenters. The van der Waals surface area contributed by atoms with E-state index < -0.39 is 17.7 Å². The second kappa shape index (κ2) is 13.1. The van der Waals surface area contributed by atoms with Gasteiger partial charge in [-0.05, 0) is 69.4 Å². The summed E-state index contributed by atoms with van der Waals surface area (Å²) in [5.74, 6) is -0.485. The molecular weight excluding hydrogens is 518 g/mol. The van der Waals surface area contributed by atoms with Crippen molar-refractivity contribution in [1.29, 1.82) is 0 Å². The van der Waals surface area contributed by atoms with Crippen molar-refractivity contribution in [1.82, 2.24) is 20.9 Å². The molecule has 0 saturated heterocycles. The van der Waals surface area contributed by atoms with Gasteiger partial charge in [-0.25, -0.2) is 0 Å². The third kappa shape index (κ3) is 7.62. The van der Waals surface area contributed by atoms with Crippen LogP contribution in [0.1, 0.15) is 62.2 Å². The number of carbonyl (C=O) groups excluding carboxylic acids is 3. The lowest BCUT2D eigenvalue weighted by Gasteiger charge is -2.29. The minimum atomic E-state index is -0.654. The van der Waals surface area contributed by atoms with Gasteiger partial charge in [0.2, 0.25) is 11.8 Å². The normalized spacial score (nSPS) is 16.1. The van der Waals surface area contributed by atoms with Crippen molar-refractivity contribution < 1.29 is 19.5 Å². The van der Waals surface area contributed by atoms with Crippen LogP contribution in [-0.4, -0.2) is 58.6 Å². The van der Waals surface area contributed by atoms with Gasteiger partial charge in [-0.1, -0.05) is 42.5 Å². The first-order chi connectivity index (χ1) is 19.6. The molecule has 1 aliphatic rings. The molecule has 5 N–H and O–H groups in total. The summed E-state index contributed by atoms with van der Waals surface area (Å²) < 4.78 is 0. The lowest BCUT2D eigenvalue weighted by atomic mass is 9.98. The Balaban J connectivity index is 1.50. The number of nitrogens with zero attached hydrogens (tertiary/aromatic N) is 1. The number of benzene rings is 2. The van der Waals surface area contributed by atoms with Crippen molar-refractivity contribution in [2.24, 2.45) is 0 Å². The van der Waals surface area contributed by atoms with E-state index >= 15 is 0 Å². The molecule has 0 unspecified atom stereocenters. The molecule has 3 aromatic rings. The molecule has 41 heavy (non-hydrogen) atoms. The van der Waals surface area contributed by atoms with Gasteiger partial charge in [0.25, 0.3) is 5.91 Å². The fraction of sp³-hybridized carbons (Fsp3) is 0.406. The molecule has 9 heteroatoms. The SMILES string of the molecule is CCNC(=O)c1ccccc1-c1ccc(CN2C(=O)[C@H](NC(=O)CC(C)(C)NC[C@@H](C)O)CCc3[nH]ccc32)cc1. The zero-order valence-electron chi connectivity index (χ0n) is 24.3. The number of carbonyl (C=O) groups is 3. The molecule has 218 valence electrons. The molecule has 9 nitrogen and oxygen atoms in total. The van der Waals surface area contributed by atoms with Gasteiger partial charge in [-0.3, -0.25) is 14.4 Å². The van der Waals surface area contributed by atoms with Crippen LogP contribution in [-0.2, 0) is 22.6 Å². The van der Waals surface area contributed by atoms with Crippen molar-refractivity contribution in [3.05, 3.63) is 77.6 Å². The van der Waals surface area contributed by atoms with Gasteiger partial charge in [0.15, 0.2) is 0 Å². The Kier molecular flexibility index (Phi) is 9.62. The number of rotatable bonds is 11. The summed E-state index contributed by atoms with van der Waals surface area (Å²) in [6, 6.07) is 16.6. The lowest BCUT2D eigenvalue weighted by molar-refractivity contribution is -0.128. The Morgan fingerprint density at radius 3 is 2.56 bits per heavy atom. The Labute approximate surface area is 241 Å². The van der Waals surface area contributed by atoms with Gasteiger partial charge in [0.05, 0.1) is 18.3 Å². The predicted octanol–water partition coefficient (Wildman–Crippen LogP) is 3.53. The lowest BCUT2D eigenvalue weighted by Crippen LogP contribution is -2.51. The van der Waals surface area contributed by atoms with Crippen molar-refractivity contribution in [2.75, 3.05) is 18.0 Å². The van der Waals surface area contributed by atoms with Gasteiger partial charge >= 0.3 is 0 Å². The average molecular weight is 560 g/mol. The number of anilines is 1. The Morgan fingerprint density at radius 1 is 1.12 bits per heavy atom. The van der Waals surface area contributed by atoms with Crippen LogP contribution >= 0.6 is 0 Å². The molecule has 0 aliphatic carbocycles. The van der Waals surface area contributed by atoms with Crippen LogP contribution < -0.4 is 20.9 Å². The van der Waals surface area contributed by atoms with E-state index in [4.69, 9.17) is 0 Å². The second-order valence-corrected chi connectivity index (χ2v) is 11.3. The smallest absolute Gasteiger partial charge is 0.251 e. The average Bonchev–Trinajstić information content (AvgIpc) is 3.37. The predicted molar refractivity (Wildman–Crippen MR) is 160 cm³/mol. The fourth-order valence-electron chi connectivity index (χ4n) is 5.16.